The summed E-state index contributed by atoms with van der Waals surface area (Å²) in [6, 6.07) is 0. The molecule has 0 amide bonds. The zero-order valence-electron chi connectivity index (χ0n) is 6.51. The van der Waals surface area contributed by atoms with Gasteiger partial charge in [0, 0.05) is 29.9 Å². The topological polar surface area (TPSA) is 167 Å². The van der Waals surface area contributed by atoms with E-state index in [1.165, 1.54) is 0 Å². The first-order valence-corrected chi connectivity index (χ1v) is 2.62. The molecule has 0 aromatic carbocycles. The van der Waals surface area contributed by atoms with E-state index in [9.17, 15) is 0 Å². The molecular formula is C4H12CoN2O6. The summed E-state index contributed by atoms with van der Waals surface area (Å²) < 4.78 is 0. The predicted molar refractivity (Wildman–Crippen MR) is 39.4 cm³/mol. The first kappa shape index (κ1) is 22.7. The van der Waals surface area contributed by atoms with E-state index in [4.69, 9.17) is 41.5 Å². The molecule has 0 aromatic rings. The maximum atomic E-state index is 8.56. The molecular weight excluding hydrogens is 231 g/mol. The van der Waals surface area contributed by atoms with Gasteiger partial charge in [0.05, 0.1) is 0 Å². The number of carbonyl (C=O) groups is 2. The number of carboxylic acid groups (broad SMARTS) is 4. The Morgan fingerprint density at radius 2 is 0.923 bits per heavy atom. The van der Waals surface area contributed by atoms with Crippen LogP contribution in [0.5, 0.6) is 0 Å². The molecule has 0 aliphatic carbocycles. The van der Waals surface area contributed by atoms with Gasteiger partial charge in [-0.2, -0.15) is 0 Å². The minimum absolute atomic E-state index is 0. The standard InChI is InChI=1S/C2H8N2.2CH2O3.Co/c3-1-2-4;2*2-1(3)4;/h1-4H2;2*(H2,2,3,4);. The Labute approximate surface area is 84.3 Å². The number of hydrogen-bond donors (Lipinski definition) is 6. The molecule has 0 fully saturated rings. The first-order valence-electron chi connectivity index (χ1n) is 2.62. The van der Waals surface area contributed by atoms with Crippen molar-refractivity contribution >= 4 is 12.3 Å². The monoisotopic (exact) mass is 243 g/mol. The molecule has 0 atom stereocenters. The van der Waals surface area contributed by atoms with E-state index >= 15 is 0 Å². The fraction of sp³-hybridized carbons (Fsp3) is 0.500. The van der Waals surface area contributed by atoms with E-state index in [0.29, 0.717) is 13.1 Å². The van der Waals surface area contributed by atoms with E-state index in [0.717, 1.165) is 0 Å². The molecule has 0 aromatic heterocycles. The third-order valence-corrected chi connectivity index (χ3v) is 0.167. The summed E-state index contributed by atoms with van der Waals surface area (Å²) in [5, 5.41) is 27.9. The van der Waals surface area contributed by atoms with Crippen LogP contribution in [0.25, 0.3) is 0 Å². The van der Waals surface area contributed by atoms with Gasteiger partial charge < -0.3 is 31.9 Å². The van der Waals surface area contributed by atoms with Crippen molar-refractivity contribution in [3.63, 3.8) is 0 Å². The molecule has 83 valence electrons. The van der Waals surface area contributed by atoms with Crippen LogP contribution in [-0.4, -0.2) is 45.8 Å². The van der Waals surface area contributed by atoms with Crippen LogP contribution in [0.15, 0.2) is 0 Å². The van der Waals surface area contributed by atoms with Crippen molar-refractivity contribution in [2.75, 3.05) is 13.1 Å². The largest absolute Gasteiger partial charge is 0.503 e. The minimum Gasteiger partial charge on any atom is -0.450 e. The van der Waals surface area contributed by atoms with Crippen LogP contribution in [0.1, 0.15) is 0 Å². The predicted octanol–water partition coefficient (Wildman–Crippen LogP) is -0.654. The molecule has 0 spiro atoms. The third kappa shape index (κ3) is 785000. The van der Waals surface area contributed by atoms with Crippen molar-refractivity contribution in [3.05, 3.63) is 0 Å². The van der Waals surface area contributed by atoms with Gasteiger partial charge in [0.1, 0.15) is 0 Å². The van der Waals surface area contributed by atoms with Gasteiger partial charge in [0.2, 0.25) is 0 Å². The Hall–Kier alpha value is -1.03. The zero-order chi connectivity index (χ0) is 10.6. The number of rotatable bonds is 1. The van der Waals surface area contributed by atoms with Gasteiger partial charge in [-0.3, -0.25) is 0 Å². The summed E-state index contributed by atoms with van der Waals surface area (Å²) in [5.41, 5.74) is 9.81. The van der Waals surface area contributed by atoms with Gasteiger partial charge in [-0.25, -0.2) is 9.59 Å². The average Bonchev–Trinajstić information content (AvgIpc) is 1.85. The van der Waals surface area contributed by atoms with Crippen LogP contribution in [0.2, 0.25) is 0 Å². The summed E-state index contributed by atoms with van der Waals surface area (Å²) >= 11 is 0. The van der Waals surface area contributed by atoms with E-state index in [1.807, 2.05) is 0 Å². The van der Waals surface area contributed by atoms with Crippen molar-refractivity contribution in [2.45, 2.75) is 0 Å². The van der Waals surface area contributed by atoms with Crippen molar-refractivity contribution in [3.8, 4) is 0 Å². The summed E-state index contributed by atoms with van der Waals surface area (Å²) in [4.78, 5) is 17.1. The van der Waals surface area contributed by atoms with Crippen LogP contribution in [0, 0.1) is 0 Å². The van der Waals surface area contributed by atoms with Crippen molar-refractivity contribution in [1.82, 2.24) is 0 Å². The molecule has 0 rings (SSSR count). The van der Waals surface area contributed by atoms with Gasteiger partial charge in [0.15, 0.2) is 0 Å². The Morgan fingerprint density at radius 3 is 0.923 bits per heavy atom. The summed E-state index contributed by atoms with van der Waals surface area (Å²) in [7, 11) is 0. The first-order chi connectivity index (χ1) is 5.38. The number of nitrogens with two attached hydrogens (primary N) is 2. The van der Waals surface area contributed by atoms with E-state index in [-0.39, 0.29) is 16.8 Å². The molecule has 0 heterocycles. The molecule has 9 heteroatoms. The van der Waals surface area contributed by atoms with Crippen molar-refractivity contribution in [1.29, 1.82) is 0 Å². The summed E-state index contributed by atoms with van der Waals surface area (Å²) in [6.45, 7) is 1.19. The van der Waals surface area contributed by atoms with Crippen LogP contribution >= 0.6 is 0 Å². The van der Waals surface area contributed by atoms with Crippen LogP contribution < -0.4 is 11.5 Å². The second-order valence-electron chi connectivity index (χ2n) is 1.14. The second-order valence-corrected chi connectivity index (χ2v) is 1.14. The Morgan fingerprint density at radius 1 is 0.846 bits per heavy atom. The molecule has 1 radical (unpaired) electrons. The van der Waals surface area contributed by atoms with Crippen molar-refractivity contribution in [2.24, 2.45) is 11.5 Å². The van der Waals surface area contributed by atoms with Crippen LogP contribution in [0.3, 0.4) is 0 Å². The second kappa shape index (κ2) is 22.4. The molecule has 0 saturated carbocycles. The summed E-state index contributed by atoms with van der Waals surface area (Å²) in [6.07, 6.45) is -3.67. The van der Waals surface area contributed by atoms with E-state index in [2.05, 4.69) is 0 Å². The molecule has 0 unspecified atom stereocenters. The fourth-order valence-corrected chi connectivity index (χ4v) is 0. The molecule has 0 aliphatic rings. The zero-order valence-corrected chi connectivity index (χ0v) is 7.55. The van der Waals surface area contributed by atoms with Gasteiger partial charge in [-0.1, -0.05) is 0 Å². The minimum atomic E-state index is -1.83. The quantitative estimate of drug-likeness (QED) is 0.353. The molecule has 8 nitrogen and oxygen atoms in total. The Balaban J connectivity index is -0.0000000450. The van der Waals surface area contributed by atoms with Crippen molar-refractivity contribution < 1.29 is 46.8 Å². The van der Waals surface area contributed by atoms with Crippen LogP contribution in [-0.2, 0) is 16.8 Å². The maximum absolute atomic E-state index is 8.56. The normalized spacial score (nSPS) is 6.00. The van der Waals surface area contributed by atoms with Gasteiger partial charge in [0.25, 0.3) is 0 Å². The summed E-state index contributed by atoms with van der Waals surface area (Å²) in [5.74, 6) is 0. The molecule has 13 heavy (non-hydrogen) atoms. The van der Waals surface area contributed by atoms with Gasteiger partial charge in [-0.15, -0.1) is 0 Å². The van der Waals surface area contributed by atoms with Gasteiger partial charge >= 0.3 is 12.3 Å². The van der Waals surface area contributed by atoms with E-state index in [1.54, 1.807) is 0 Å². The molecule has 0 saturated heterocycles. The molecule has 0 aliphatic heterocycles. The van der Waals surface area contributed by atoms with E-state index < -0.39 is 12.3 Å². The van der Waals surface area contributed by atoms with Crippen LogP contribution in [0.4, 0.5) is 9.59 Å². The molecule has 0 bridgehead atoms. The fourth-order valence-electron chi connectivity index (χ4n) is 0. The Kier molecular flexibility index (Phi) is 39.2. The SMILES string of the molecule is NCCN.O=C(O)O.O=C(O)O.[Co]. The molecule has 8 N–H and O–H groups in total. The van der Waals surface area contributed by atoms with Gasteiger partial charge in [-0.05, 0) is 0 Å². The third-order valence-electron chi connectivity index (χ3n) is 0.167. The maximum Gasteiger partial charge on any atom is 0.503 e. The smallest absolute Gasteiger partial charge is 0.450 e. The average molecular weight is 243 g/mol. The Bertz CT molecular complexity index is 99.2. The number of hydrogen-bond acceptors (Lipinski definition) is 4.